The average Bonchev–Trinajstić information content (AvgIpc) is 3.14. The molecule has 0 aromatic carbocycles. The van der Waals surface area contributed by atoms with Gasteiger partial charge < -0.3 is 14.7 Å². The van der Waals surface area contributed by atoms with Crippen LogP contribution >= 0.6 is 0 Å². The second-order valence-electron chi connectivity index (χ2n) is 6.57. The van der Waals surface area contributed by atoms with E-state index < -0.39 is 0 Å². The standard InChI is InChI=1S/C16H25N5O/c1-19(2)15-9-8-12(17-18-15)16(22)21-11-5-7-14(21)13-6-4-10-20(13)3/h8-9,13-14H,4-7,10-11H2,1-3H3/t13-,14+/m0/s1. The van der Waals surface area contributed by atoms with Gasteiger partial charge in [0.05, 0.1) is 0 Å². The Labute approximate surface area is 132 Å². The van der Waals surface area contributed by atoms with Crippen LogP contribution in [0.2, 0.25) is 0 Å². The SMILES string of the molecule is CN(C)c1ccc(C(=O)N2CCC[C@@H]2[C@@H]2CCCN2C)nn1. The molecular weight excluding hydrogens is 278 g/mol. The van der Waals surface area contributed by atoms with Gasteiger partial charge in [-0.25, -0.2) is 0 Å². The van der Waals surface area contributed by atoms with Crippen molar-refractivity contribution in [3.63, 3.8) is 0 Å². The molecule has 1 aromatic rings. The molecule has 2 fully saturated rings. The predicted octanol–water partition coefficient (Wildman–Crippen LogP) is 1.24. The molecule has 2 saturated heterocycles. The van der Waals surface area contributed by atoms with E-state index in [1.54, 1.807) is 6.07 Å². The number of hydrogen-bond donors (Lipinski definition) is 0. The molecule has 3 rings (SSSR count). The first-order chi connectivity index (χ1) is 10.6. The average molecular weight is 303 g/mol. The summed E-state index contributed by atoms with van der Waals surface area (Å²) in [6.07, 6.45) is 4.61. The summed E-state index contributed by atoms with van der Waals surface area (Å²) in [5.74, 6) is 0.797. The van der Waals surface area contributed by atoms with Gasteiger partial charge in [-0.2, -0.15) is 0 Å². The zero-order chi connectivity index (χ0) is 15.7. The Morgan fingerprint density at radius 3 is 2.45 bits per heavy atom. The topological polar surface area (TPSA) is 52.6 Å². The third kappa shape index (κ3) is 2.79. The number of nitrogens with zero attached hydrogens (tertiary/aromatic N) is 5. The van der Waals surface area contributed by atoms with Crippen LogP contribution < -0.4 is 4.90 Å². The van der Waals surface area contributed by atoms with Gasteiger partial charge in [0.15, 0.2) is 11.5 Å². The number of carbonyl (C=O) groups excluding carboxylic acids is 1. The number of likely N-dealkylation sites (N-methyl/N-ethyl adjacent to an activating group) is 1. The highest BCUT2D eigenvalue weighted by Crippen LogP contribution is 2.29. The molecule has 0 spiro atoms. The van der Waals surface area contributed by atoms with E-state index in [9.17, 15) is 4.79 Å². The Balaban J connectivity index is 1.75. The lowest BCUT2D eigenvalue weighted by Gasteiger charge is -2.33. The molecule has 0 saturated carbocycles. The van der Waals surface area contributed by atoms with Crippen molar-refractivity contribution in [1.82, 2.24) is 20.0 Å². The van der Waals surface area contributed by atoms with Gasteiger partial charge in [0.25, 0.3) is 5.91 Å². The molecule has 22 heavy (non-hydrogen) atoms. The minimum absolute atomic E-state index is 0.0283. The number of rotatable bonds is 3. The molecule has 2 aliphatic rings. The Kier molecular flexibility index (Phi) is 4.29. The molecule has 1 amide bonds. The highest BCUT2D eigenvalue weighted by Gasteiger charge is 2.39. The van der Waals surface area contributed by atoms with Crippen LogP contribution in [0.15, 0.2) is 12.1 Å². The van der Waals surface area contributed by atoms with E-state index in [0.717, 1.165) is 31.7 Å². The van der Waals surface area contributed by atoms with Crippen LogP contribution in [0.5, 0.6) is 0 Å². The third-order valence-corrected chi connectivity index (χ3v) is 4.91. The molecule has 120 valence electrons. The summed E-state index contributed by atoms with van der Waals surface area (Å²) in [4.78, 5) is 19.1. The molecular formula is C16H25N5O. The third-order valence-electron chi connectivity index (χ3n) is 4.91. The minimum Gasteiger partial charge on any atom is -0.361 e. The zero-order valence-corrected chi connectivity index (χ0v) is 13.7. The van der Waals surface area contributed by atoms with E-state index in [-0.39, 0.29) is 5.91 Å². The minimum atomic E-state index is 0.0283. The lowest BCUT2D eigenvalue weighted by atomic mass is 10.0. The number of likely N-dealkylation sites (tertiary alicyclic amines) is 2. The van der Waals surface area contributed by atoms with Crippen molar-refractivity contribution in [1.29, 1.82) is 0 Å². The van der Waals surface area contributed by atoms with E-state index >= 15 is 0 Å². The van der Waals surface area contributed by atoms with Crippen LogP contribution in [0.25, 0.3) is 0 Å². The summed E-state index contributed by atoms with van der Waals surface area (Å²) in [5.41, 5.74) is 0.457. The maximum atomic E-state index is 12.8. The Morgan fingerprint density at radius 1 is 1.14 bits per heavy atom. The summed E-state index contributed by atoms with van der Waals surface area (Å²) in [6.45, 7) is 1.98. The molecule has 1 aromatic heterocycles. The van der Waals surface area contributed by atoms with Crippen molar-refractivity contribution in [3.05, 3.63) is 17.8 Å². The van der Waals surface area contributed by atoms with Gasteiger partial charge in [-0.3, -0.25) is 4.79 Å². The quantitative estimate of drug-likeness (QED) is 0.841. The lowest BCUT2D eigenvalue weighted by molar-refractivity contribution is 0.0657. The largest absolute Gasteiger partial charge is 0.361 e. The van der Waals surface area contributed by atoms with Gasteiger partial charge in [-0.05, 0) is 51.4 Å². The van der Waals surface area contributed by atoms with Gasteiger partial charge in [0.2, 0.25) is 0 Å². The normalized spacial score (nSPS) is 25.7. The molecule has 0 unspecified atom stereocenters. The van der Waals surface area contributed by atoms with Crippen molar-refractivity contribution in [2.45, 2.75) is 37.8 Å². The van der Waals surface area contributed by atoms with Gasteiger partial charge in [0, 0.05) is 32.7 Å². The van der Waals surface area contributed by atoms with Gasteiger partial charge in [-0.1, -0.05) is 0 Å². The number of aromatic nitrogens is 2. The maximum absolute atomic E-state index is 12.8. The van der Waals surface area contributed by atoms with Gasteiger partial charge >= 0.3 is 0 Å². The fourth-order valence-corrected chi connectivity index (χ4v) is 3.69. The van der Waals surface area contributed by atoms with E-state index in [1.807, 2.05) is 30.0 Å². The van der Waals surface area contributed by atoms with Gasteiger partial charge in [-0.15, -0.1) is 10.2 Å². The van der Waals surface area contributed by atoms with Crippen molar-refractivity contribution in [3.8, 4) is 0 Å². The zero-order valence-electron chi connectivity index (χ0n) is 13.7. The summed E-state index contributed by atoms with van der Waals surface area (Å²) >= 11 is 0. The molecule has 0 bridgehead atoms. The number of amides is 1. The molecule has 0 aliphatic carbocycles. The fraction of sp³-hybridized carbons (Fsp3) is 0.688. The molecule has 0 radical (unpaired) electrons. The van der Waals surface area contributed by atoms with E-state index in [1.165, 1.54) is 12.8 Å². The summed E-state index contributed by atoms with van der Waals surface area (Å²) in [7, 11) is 6.00. The van der Waals surface area contributed by atoms with Crippen LogP contribution in [0.3, 0.4) is 0 Å². The van der Waals surface area contributed by atoms with E-state index in [4.69, 9.17) is 0 Å². The van der Waals surface area contributed by atoms with Crippen LogP contribution in [0.4, 0.5) is 5.82 Å². The molecule has 3 heterocycles. The van der Waals surface area contributed by atoms with Crippen LogP contribution in [-0.2, 0) is 0 Å². The first-order valence-electron chi connectivity index (χ1n) is 8.10. The Hall–Kier alpha value is -1.69. The summed E-state index contributed by atoms with van der Waals surface area (Å²) in [6, 6.07) is 4.47. The second kappa shape index (κ2) is 6.20. The van der Waals surface area contributed by atoms with Crippen LogP contribution in [-0.4, -0.2) is 72.2 Å². The van der Waals surface area contributed by atoms with Crippen LogP contribution in [0.1, 0.15) is 36.2 Å². The molecule has 2 aliphatic heterocycles. The van der Waals surface area contributed by atoms with E-state index in [2.05, 4.69) is 22.1 Å². The molecule has 6 heteroatoms. The summed E-state index contributed by atoms with van der Waals surface area (Å²) < 4.78 is 0. The van der Waals surface area contributed by atoms with Gasteiger partial charge in [0.1, 0.15) is 0 Å². The number of anilines is 1. The Bertz CT molecular complexity index is 530. The second-order valence-corrected chi connectivity index (χ2v) is 6.57. The molecule has 6 nitrogen and oxygen atoms in total. The lowest BCUT2D eigenvalue weighted by Crippen LogP contribution is -2.47. The fourth-order valence-electron chi connectivity index (χ4n) is 3.69. The van der Waals surface area contributed by atoms with Crippen molar-refractivity contribution >= 4 is 11.7 Å². The highest BCUT2D eigenvalue weighted by molar-refractivity contribution is 5.92. The van der Waals surface area contributed by atoms with Crippen molar-refractivity contribution in [2.75, 3.05) is 39.1 Å². The highest BCUT2D eigenvalue weighted by atomic mass is 16.2. The maximum Gasteiger partial charge on any atom is 0.274 e. The Morgan fingerprint density at radius 2 is 1.86 bits per heavy atom. The number of hydrogen-bond acceptors (Lipinski definition) is 5. The van der Waals surface area contributed by atoms with Crippen LogP contribution in [0, 0.1) is 0 Å². The first-order valence-corrected chi connectivity index (χ1v) is 8.10. The summed E-state index contributed by atoms with van der Waals surface area (Å²) in [5, 5.41) is 8.25. The van der Waals surface area contributed by atoms with E-state index in [0.29, 0.717) is 17.8 Å². The number of carbonyl (C=O) groups is 1. The smallest absolute Gasteiger partial charge is 0.274 e. The molecule has 0 N–H and O–H groups in total. The first kappa shape index (κ1) is 15.2. The van der Waals surface area contributed by atoms with Crippen molar-refractivity contribution < 1.29 is 4.79 Å². The predicted molar refractivity (Wildman–Crippen MR) is 86.1 cm³/mol. The molecule has 2 atom stereocenters. The monoisotopic (exact) mass is 303 g/mol. The van der Waals surface area contributed by atoms with Crippen molar-refractivity contribution in [2.24, 2.45) is 0 Å².